The number of nitrogens with two attached hydrogens (primary N) is 1. The highest BCUT2D eigenvalue weighted by Gasteiger charge is 2.20. The van der Waals surface area contributed by atoms with E-state index in [1.165, 1.54) is 0 Å². The van der Waals surface area contributed by atoms with Crippen molar-refractivity contribution in [3.05, 3.63) is 12.4 Å². The van der Waals surface area contributed by atoms with Gasteiger partial charge >= 0.3 is 7.25 Å². The Bertz CT molecular complexity index is 117. The Balaban J connectivity index is 0. The van der Waals surface area contributed by atoms with Gasteiger partial charge in [0.25, 0.3) is 0 Å². The van der Waals surface area contributed by atoms with E-state index in [1.807, 2.05) is 43.8 Å². The smallest absolute Gasteiger partial charge is 0.418 e. The molecule has 0 bridgehead atoms. The van der Waals surface area contributed by atoms with Crippen LogP contribution in [0, 0.1) is 0 Å². The minimum absolute atomic E-state index is 2.00. The van der Waals surface area contributed by atoms with E-state index in [4.69, 9.17) is 0 Å². The Morgan fingerprint density at radius 2 is 1.50 bits per heavy atom. The fourth-order valence-corrected chi connectivity index (χ4v) is 0.258. The van der Waals surface area contributed by atoms with Crippen LogP contribution in [0.4, 0.5) is 17.3 Å². The van der Waals surface area contributed by atoms with Crippen molar-refractivity contribution >= 4 is 7.25 Å². The minimum Gasteiger partial charge on any atom is -0.418 e. The normalized spacial score (nSPS) is 10.9. The summed E-state index contributed by atoms with van der Waals surface area (Å²) in [6.45, 7) is 0. The number of nitrogens with zero attached hydrogens (tertiary/aromatic N) is 1. The molecule has 0 atom stereocenters. The van der Waals surface area contributed by atoms with Gasteiger partial charge in [0.15, 0.2) is 0 Å². The first-order valence-corrected chi connectivity index (χ1v) is 3.27. The molecule has 0 spiro atoms. The van der Waals surface area contributed by atoms with Gasteiger partial charge in [-0.3, -0.25) is 0 Å². The molecule has 0 aliphatic carbocycles. The van der Waals surface area contributed by atoms with Crippen molar-refractivity contribution in [2.45, 2.75) is 0 Å². The first-order chi connectivity index (χ1) is 5.27. The quantitative estimate of drug-likeness (QED) is 0.494. The highest BCUT2D eigenvalue weighted by Crippen LogP contribution is 2.06. The lowest BCUT2D eigenvalue weighted by atomic mass is 10.3. The zero-order chi connectivity index (χ0) is 10.2. The van der Waals surface area contributed by atoms with Crippen molar-refractivity contribution in [2.24, 2.45) is 0 Å². The topological polar surface area (TPSA) is 19.9 Å². The molecule has 0 unspecified atom stereocenters. The second kappa shape index (κ2) is 6.96. The Hall–Kier alpha value is -0.715. The van der Waals surface area contributed by atoms with Crippen molar-refractivity contribution in [1.29, 1.82) is 0 Å². The molecule has 0 aromatic carbocycles. The molecule has 2 N–H and O–H groups in total. The van der Waals surface area contributed by atoms with Gasteiger partial charge in [-0.15, -0.1) is 0 Å². The first kappa shape index (κ1) is 13.8. The van der Waals surface area contributed by atoms with Crippen LogP contribution in [0.2, 0.25) is 0 Å². The molecule has 12 heavy (non-hydrogen) atoms. The largest absolute Gasteiger partial charge is 0.673 e. The summed E-state index contributed by atoms with van der Waals surface area (Å²) in [6.07, 6.45) is 4.00. The van der Waals surface area contributed by atoms with Crippen molar-refractivity contribution in [3.8, 4) is 0 Å². The highest BCUT2D eigenvalue weighted by molar-refractivity contribution is 6.50. The summed E-state index contributed by atoms with van der Waals surface area (Å²) in [5, 5.41) is 2.00. The first-order valence-electron chi connectivity index (χ1n) is 3.27. The second-order valence-corrected chi connectivity index (χ2v) is 2.13. The van der Waals surface area contributed by atoms with Gasteiger partial charge in [-0.2, -0.15) is 0 Å². The molecule has 0 aromatic heterocycles. The molecular weight excluding hydrogens is 175 g/mol. The summed E-state index contributed by atoms with van der Waals surface area (Å²) in [5.41, 5.74) is 0. The van der Waals surface area contributed by atoms with E-state index in [1.54, 1.807) is 0 Å². The predicted octanol–water partition coefficient (Wildman–Crippen LogP) is 0.512. The minimum atomic E-state index is -6.00. The van der Waals surface area contributed by atoms with E-state index in [9.17, 15) is 17.3 Å². The van der Waals surface area contributed by atoms with Crippen LogP contribution < -0.4 is 5.32 Å². The fraction of sp³-hybridized carbons (Fsp3) is 0.600. The van der Waals surface area contributed by atoms with Crippen LogP contribution in [0.15, 0.2) is 12.4 Å². The monoisotopic (exact) mass is 188 g/mol. The molecular formula is C5H13BF4N2. The highest BCUT2D eigenvalue weighted by atomic mass is 19.5. The lowest BCUT2D eigenvalue weighted by Crippen LogP contribution is -2.72. The molecule has 0 aliphatic rings. The Morgan fingerprint density at radius 3 is 1.58 bits per heavy atom. The fourth-order valence-electron chi connectivity index (χ4n) is 0.258. The molecule has 0 heterocycles. The molecule has 0 radical (unpaired) electrons. The molecule has 0 fully saturated rings. The van der Waals surface area contributed by atoms with Gasteiger partial charge in [0.1, 0.15) is 6.20 Å². The van der Waals surface area contributed by atoms with Gasteiger partial charge in [0, 0.05) is 14.1 Å². The van der Waals surface area contributed by atoms with Gasteiger partial charge in [-0.25, -0.2) is 0 Å². The van der Waals surface area contributed by atoms with Crippen molar-refractivity contribution in [3.63, 3.8) is 0 Å². The summed E-state index contributed by atoms with van der Waals surface area (Å²) in [7, 11) is 0. The zero-order valence-electron chi connectivity index (χ0n) is 7.27. The van der Waals surface area contributed by atoms with Crippen LogP contribution in [0.25, 0.3) is 0 Å². The molecule has 0 aromatic rings. The maximum absolute atomic E-state index is 9.75. The maximum Gasteiger partial charge on any atom is 0.673 e. The molecule has 0 amide bonds. The molecule has 2 nitrogen and oxygen atoms in total. The lowest BCUT2D eigenvalue weighted by Gasteiger charge is -1.99. The lowest BCUT2D eigenvalue weighted by molar-refractivity contribution is -0.557. The standard InChI is InChI=1S/C5H12N2.BF4/c1-6-4-5-7(2)3;2-1(3,4)5/h4-6H,1-3H3;/q;-1/p+1/b5-4+;. The number of rotatable bonds is 2. The van der Waals surface area contributed by atoms with E-state index < -0.39 is 7.25 Å². The summed E-state index contributed by atoms with van der Waals surface area (Å²) < 4.78 is 39.0. The van der Waals surface area contributed by atoms with E-state index in [-0.39, 0.29) is 0 Å². The summed E-state index contributed by atoms with van der Waals surface area (Å²) >= 11 is 0. The molecule has 0 saturated carbocycles. The second-order valence-electron chi connectivity index (χ2n) is 2.13. The van der Waals surface area contributed by atoms with Gasteiger partial charge in [-0.1, -0.05) is 0 Å². The van der Waals surface area contributed by atoms with Crippen LogP contribution in [-0.4, -0.2) is 33.3 Å². The summed E-state index contributed by atoms with van der Waals surface area (Å²) in [4.78, 5) is 2.00. The van der Waals surface area contributed by atoms with Crippen LogP contribution in [0.5, 0.6) is 0 Å². The Kier molecular flexibility index (Phi) is 8.03. The van der Waals surface area contributed by atoms with Gasteiger partial charge in [0.05, 0.1) is 13.2 Å². The average molecular weight is 188 g/mol. The van der Waals surface area contributed by atoms with Gasteiger partial charge in [-0.05, 0) is 0 Å². The van der Waals surface area contributed by atoms with Gasteiger partial charge < -0.3 is 27.5 Å². The van der Waals surface area contributed by atoms with Gasteiger partial charge in [0.2, 0.25) is 0 Å². The Labute approximate surface area is 69.3 Å². The number of halogens is 4. The molecule has 7 heteroatoms. The number of hydrogen-bond donors (Lipinski definition) is 1. The van der Waals surface area contributed by atoms with Crippen molar-refractivity contribution < 1.29 is 22.6 Å². The van der Waals surface area contributed by atoms with Crippen molar-refractivity contribution in [1.82, 2.24) is 4.90 Å². The predicted molar refractivity (Wildman–Crippen MR) is 40.9 cm³/mol. The van der Waals surface area contributed by atoms with Crippen molar-refractivity contribution in [2.75, 3.05) is 21.1 Å². The van der Waals surface area contributed by atoms with E-state index in [0.717, 1.165) is 0 Å². The van der Waals surface area contributed by atoms with Crippen LogP contribution in [0.3, 0.4) is 0 Å². The number of hydrogen-bond acceptors (Lipinski definition) is 1. The van der Waals surface area contributed by atoms with Crippen LogP contribution in [-0.2, 0) is 0 Å². The molecule has 74 valence electrons. The van der Waals surface area contributed by atoms with E-state index >= 15 is 0 Å². The third-order valence-corrected chi connectivity index (χ3v) is 0.577. The average Bonchev–Trinajstić information content (AvgIpc) is 1.79. The molecule has 0 saturated heterocycles. The Morgan fingerprint density at radius 1 is 1.17 bits per heavy atom. The number of quaternary nitrogens is 1. The SMILES string of the molecule is C[NH2+]/C=C/N(C)C.F[B-](F)(F)F. The third-order valence-electron chi connectivity index (χ3n) is 0.577. The van der Waals surface area contributed by atoms with E-state index in [2.05, 4.69) is 0 Å². The third kappa shape index (κ3) is 59.1. The summed E-state index contributed by atoms with van der Waals surface area (Å²) in [6, 6.07) is 0. The van der Waals surface area contributed by atoms with Crippen LogP contribution in [0.1, 0.15) is 0 Å². The molecule has 0 rings (SSSR count). The zero-order valence-corrected chi connectivity index (χ0v) is 7.27. The maximum atomic E-state index is 9.75. The van der Waals surface area contributed by atoms with E-state index in [0.29, 0.717) is 0 Å². The summed E-state index contributed by atoms with van der Waals surface area (Å²) in [5.74, 6) is 0. The van der Waals surface area contributed by atoms with Crippen LogP contribution >= 0.6 is 0 Å². The molecule has 0 aliphatic heterocycles.